The van der Waals surface area contributed by atoms with Crippen molar-refractivity contribution in [2.75, 3.05) is 0 Å². The van der Waals surface area contributed by atoms with E-state index in [1.165, 1.54) is 25.7 Å². The molecule has 94 valence electrons. The van der Waals surface area contributed by atoms with Gasteiger partial charge in [0.05, 0.1) is 6.04 Å². The standard InChI is InChI=1S/C12H22N2O.ClH/c1-7(13)12(15)14-8(2)11-6-9-3-4-10(11)5-9;/h7-11H,3-6,13H2,1-2H3,(H,14,15);1H/t7-,8?,9?,10?,11?;/m1./s1. The summed E-state index contributed by atoms with van der Waals surface area (Å²) in [6.07, 6.45) is 5.48. The molecule has 2 aliphatic carbocycles. The number of amides is 1. The van der Waals surface area contributed by atoms with Crippen molar-refractivity contribution in [2.24, 2.45) is 23.5 Å². The topological polar surface area (TPSA) is 55.1 Å². The molecular formula is C12H23ClN2O. The van der Waals surface area contributed by atoms with E-state index in [-0.39, 0.29) is 24.4 Å². The normalized spacial score (nSPS) is 35.3. The van der Waals surface area contributed by atoms with E-state index in [1.807, 2.05) is 0 Å². The van der Waals surface area contributed by atoms with Crippen molar-refractivity contribution in [1.29, 1.82) is 0 Å². The van der Waals surface area contributed by atoms with Crippen LogP contribution < -0.4 is 11.1 Å². The van der Waals surface area contributed by atoms with Gasteiger partial charge in [-0.05, 0) is 50.9 Å². The SMILES string of the molecule is CC(NC(=O)[C@@H](C)N)C1CC2CCC1C2.Cl. The summed E-state index contributed by atoms with van der Waals surface area (Å²) in [7, 11) is 0. The first-order valence-corrected chi connectivity index (χ1v) is 6.14. The number of fused-ring (bicyclic) bond motifs is 2. The maximum absolute atomic E-state index is 11.5. The highest BCUT2D eigenvalue weighted by molar-refractivity contribution is 5.85. The molecule has 0 aromatic carbocycles. The third kappa shape index (κ3) is 2.69. The highest BCUT2D eigenvalue weighted by Gasteiger charge is 2.42. The van der Waals surface area contributed by atoms with Gasteiger partial charge in [0.2, 0.25) is 5.91 Å². The Hall–Kier alpha value is -0.280. The third-order valence-corrected chi connectivity index (χ3v) is 4.22. The lowest BCUT2D eigenvalue weighted by Crippen LogP contribution is -2.46. The maximum atomic E-state index is 11.5. The van der Waals surface area contributed by atoms with E-state index in [0.717, 1.165) is 11.8 Å². The van der Waals surface area contributed by atoms with E-state index in [4.69, 9.17) is 5.73 Å². The van der Waals surface area contributed by atoms with E-state index < -0.39 is 0 Å². The van der Waals surface area contributed by atoms with Crippen molar-refractivity contribution in [2.45, 2.75) is 51.6 Å². The second-order valence-electron chi connectivity index (χ2n) is 5.42. The van der Waals surface area contributed by atoms with Gasteiger partial charge in [0.15, 0.2) is 0 Å². The van der Waals surface area contributed by atoms with Crippen LogP contribution in [0.15, 0.2) is 0 Å². The molecule has 4 heteroatoms. The minimum atomic E-state index is -0.383. The lowest BCUT2D eigenvalue weighted by atomic mass is 9.84. The molecule has 3 nitrogen and oxygen atoms in total. The molecule has 2 rings (SSSR count). The quantitative estimate of drug-likeness (QED) is 0.797. The summed E-state index contributed by atoms with van der Waals surface area (Å²) >= 11 is 0. The minimum absolute atomic E-state index is 0. The molecule has 0 aliphatic heterocycles. The van der Waals surface area contributed by atoms with Crippen LogP contribution >= 0.6 is 12.4 Å². The van der Waals surface area contributed by atoms with Crippen molar-refractivity contribution in [3.05, 3.63) is 0 Å². The van der Waals surface area contributed by atoms with Gasteiger partial charge < -0.3 is 11.1 Å². The minimum Gasteiger partial charge on any atom is -0.352 e. The Kier molecular flexibility index (Phi) is 4.62. The number of hydrogen-bond acceptors (Lipinski definition) is 2. The lowest BCUT2D eigenvalue weighted by molar-refractivity contribution is -0.123. The largest absolute Gasteiger partial charge is 0.352 e. The Morgan fingerprint density at radius 1 is 1.31 bits per heavy atom. The van der Waals surface area contributed by atoms with Crippen LogP contribution in [0.3, 0.4) is 0 Å². The predicted octanol–water partition coefficient (Wildman–Crippen LogP) is 1.70. The molecule has 5 atom stereocenters. The average molecular weight is 247 g/mol. The summed E-state index contributed by atoms with van der Waals surface area (Å²) < 4.78 is 0. The number of nitrogens with one attached hydrogen (secondary N) is 1. The van der Waals surface area contributed by atoms with Gasteiger partial charge in [-0.3, -0.25) is 4.79 Å². The van der Waals surface area contributed by atoms with Gasteiger partial charge in [-0.15, -0.1) is 12.4 Å². The first-order chi connectivity index (χ1) is 7.08. The number of nitrogens with two attached hydrogens (primary N) is 1. The fourth-order valence-electron chi connectivity index (χ4n) is 3.37. The highest BCUT2D eigenvalue weighted by Crippen LogP contribution is 2.49. The van der Waals surface area contributed by atoms with Gasteiger partial charge in [0.1, 0.15) is 0 Å². The van der Waals surface area contributed by atoms with Gasteiger partial charge >= 0.3 is 0 Å². The second kappa shape index (κ2) is 5.37. The van der Waals surface area contributed by atoms with E-state index in [0.29, 0.717) is 12.0 Å². The molecular weight excluding hydrogens is 224 g/mol. The number of rotatable bonds is 3. The zero-order chi connectivity index (χ0) is 11.0. The van der Waals surface area contributed by atoms with Crippen LogP contribution in [0.5, 0.6) is 0 Å². The molecule has 16 heavy (non-hydrogen) atoms. The summed E-state index contributed by atoms with van der Waals surface area (Å²) in [6.45, 7) is 3.87. The Labute approximate surface area is 104 Å². The van der Waals surface area contributed by atoms with Gasteiger partial charge in [-0.1, -0.05) is 6.42 Å². The molecule has 0 saturated heterocycles. The van der Waals surface area contributed by atoms with Gasteiger partial charge in [0.25, 0.3) is 0 Å². The number of carbonyl (C=O) groups excluding carboxylic acids is 1. The number of carbonyl (C=O) groups is 1. The third-order valence-electron chi connectivity index (χ3n) is 4.22. The molecule has 0 spiro atoms. The van der Waals surface area contributed by atoms with Gasteiger partial charge in [-0.2, -0.15) is 0 Å². The Bertz CT molecular complexity index is 257. The van der Waals surface area contributed by atoms with Crippen LogP contribution in [0.2, 0.25) is 0 Å². The number of hydrogen-bond donors (Lipinski definition) is 2. The molecule has 0 radical (unpaired) electrons. The Morgan fingerprint density at radius 3 is 2.44 bits per heavy atom. The van der Waals surface area contributed by atoms with Crippen molar-refractivity contribution >= 4 is 18.3 Å². The zero-order valence-electron chi connectivity index (χ0n) is 10.1. The lowest BCUT2D eigenvalue weighted by Gasteiger charge is -2.29. The van der Waals surface area contributed by atoms with Crippen molar-refractivity contribution in [3.8, 4) is 0 Å². The molecule has 3 N–H and O–H groups in total. The van der Waals surface area contributed by atoms with Crippen LogP contribution in [0, 0.1) is 17.8 Å². The summed E-state index contributed by atoms with van der Waals surface area (Å²) in [5.41, 5.74) is 5.55. The van der Waals surface area contributed by atoms with Crippen LogP contribution in [0.25, 0.3) is 0 Å². The molecule has 1 amide bonds. The van der Waals surface area contributed by atoms with Crippen molar-refractivity contribution in [3.63, 3.8) is 0 Å². The fourth-order valence-corrected chi connectivity index (χ4v) is 3.37. The Balaban J connectivity index is 0.00000128. The molecule has 0 heterocycles. The van der Waals surface area contributed by atoms with Gasteiger partial charge in [-0.25, -0.2) is 0 Å². The van der Waals surface area contributed by atoms with Crippen LogP contribution in [0.1, 0.15) is 39.5 Å². The van der Waals surface area contributed by atoms with E-state index in [1.54, 1.807) is 6.92 Å². The predicted molar refractivity (Wildman–Crippen MR) is 67.4 cm³/mol. The summed E-state index contributed by atoms with van der Waals surface area (Å²) in [6, 6.07) is -0.0789. The zero-order valence-corrected chi connectivity index (χ0v) is 10.9. The molecule has 0 aromatic rings. The second-order valence-corrected chi connectivity index (χ2v) is 5.42. The smallest absolute Gasteiger partial charge is 0.236 e. The maximum Gasteiger partial charge on any atom is 0.236 e. The van der Waals surface area contributed by atoms with Crippen molar-refractivity contribution < 1.29 is 4.79 Å². The molecule has 2 saturated carbocycles. The summed E-state index contributed by atoms with van der Waals surface area (Å²) in [5.74, 6) is 2.49. The van der Waals surface area contributed by atoms with Crippen molar-refractivity contribution in [1.82, 2.24) is 5.32 Å². The average Bonchev–Trinajstić information content (AvgIpc) is 2.78. The first-order valence-electron chi connectivity index (χ1n) is 6.14. The molecule has 0 aromatic heterocycles. The molecule has 2 bridgehead atoms. The highest BCUT2D eigenvalue weighted by atomic mass is 35.5. The van der Waals surface area contributed by atoms with Crippen LogP contribution in [0.4, 0.5) is 0 Å². The molecule has 2 fully saturated rings. The van der Waals surface area contributed by atoms with Crippen LogP contribution in [-0.4, -0.2) is 18.0 Å². The molecule has 2 aliphatic rings. The van der Waals surface area contributed by atoms with E-state index in [2.05, 4.69) is 12.2 Å². The Morgan fingerprint density at radius 2 is 2.00 bits per heavy atom. The summed E-state index contributed by atoms with van der Waals surface area (Å²) in [5, 5.41) is 3.04. The van der Waals surface area contributed by atoms with Crippen LogP contribution in [-0.2, 0) is 4.79 Å². The first kappa shape index (κ1) is 13.8. The monoisotopic (exact) mass is 246 g/mol. The van der Waals surface area contributed by atoms with E-state index in [9.17, 15) is 4.79 Å². The fraction of sp³-hybridized carbons (Fsp3) is 0.917. The molecule has 4 unspecified atom stereocenters. The summed E-state index contributed by atoms with van der Waals surface area (Å²) in [4.78, 5) is 11.5. The number of halogens is 1. The van der Waals surface area contributed by atoms with E-state index >= 15 is 0 Å². The van der Waals surface area contributed by atoms with Gasteiger partial charge in [0, 0.05) is 6.04 Å².